The van der Waals surface area contributed by atoms with Crippen LogP contribution in [0, 0.1) is 13.8 Å². The Morgan fingerprint density at radius 2 is 1.48 bits per heavy atom. The molecule has 0 spiro atoms. The molecule has 29 heavy (non-hydrogen) atoms. The Bertz CT molecular complexity index is 1070. The van der Waals surface area contributed by atoms with Crippen molar-refractivity contribution in [2.24, 2.45) is 0 Å². The number of hydrogen-bond donors (Lipinski definition) is 0. The van der Waals surface area contributed by atoms with Crippen molar-refractivity contribution in [2.45, 2.75) is 27.7 Å². The Morgan fingerprint density at radius 3 is 2.10 bits per heavy atom. The van der Waals surface area contributed by atoms with Gasteiger partial charge in [-0.25, -0.2) is 0 Å². The van der Waals surface area contributed by atoms with Crippen molar-refractivity contribution >= 4 is 10.8 Å². The summed E-state index contributed by atoms with van der Waals surface area (Å²) < 4.78 is 28.7. The lowest BCUT2D eigenvalue weighted by molar-refractivity contribution is -0.00000759. The maximum absolute atomic E-state index is 6.00. The van der Waals surface area contributed by atoms with E-state index in [4.69, 9.17) is 23.1 Å². The maximum atomic E-state index is 6.00. The topological polar surface area (TPSA) is 52.1 Å². The van der Waals surface area contributed by atoms with Crippen molar-refractivity contribution in [2.75, 3.05) is 27.4 Å². The summed E-state index contributed by atoms with van der Waals surface area (Å²) >= 11 is 0. The Balaban J connectivity index is 0.00000300. The molecule has 3 rings (SSSR count). The zero-order chi connectivity index (χ0) is 20.3. The Morgan fingerprint density at radius 1 is 0.828 bits per heavy atom. The van der Waals surface area contributed by atoms with Gasteiger partial charge >= 0.3 is 5.43 Å². The smallest absolute Gasteiger partial charge is 0.355 e. The maximum Gasteiger partial charge on any atom is 0.355 e. The number of fused-ring (bicyclic) bond motifs is 1. The molecule has 0 fully saturated rings. The second-order valence-corrected chi connectivity index (χ2v) is 6.37. The molecule has 0 N–H and O–H groups in total. The molecule has 0 atom stereocenters. The van der Waals surface area contributed by atoms with E-state index in [2.05, 4.69) is 0 Å². The highest BCUT2D eigenvalue weighted by atomic mass is 35.5. The Kier molecular flexibility index (Phi) is 7.57. The monoisotopic (exact) mass is 418 g/mol. The number of ether oxygens (including phenoxy) is 3. The molecule has 0 aliphatic carbocycles. The molecule has 6 heteroatoms. The third-order valence-corrected chi connectivity index (χ3v) is 4.64. The molecule has 0 saturated carbocycles. The first-order valence-electron chi connectivity index (χ1n) is 9.43. The van der Waals surface area contributed by atoms with Gasteiger partial charge in [0.1, 0.15) is 22.7 Å². The fourth-order valence-electron chi connectivity index (χ4n) is 3.47. The van der Waals surface area contributed by atoms with Gasteiger partial charge in [-0.05, 0) is 50.1 Å². The van der Waals surface area contributed by atoms with Crippen LogP contribution in [0.1, 0.15) is 25.4 Å². The van der Waals surface area contributed by atoms with Crippen LogP contribution in [0.4, 0.5) is 0 Å². The number of rotatable bonds is 6. The second-order valence-electron chi connectivity index (χ2n) is 6.37. The average Bonchev–Trinajstić information content (AvgIpc) is 2.88. The molecule has 1 aromatic heterocycles. The molecule has 0 bridgehead atoms. The summed E-state index contributed by atoms with van der Waals surface area (Å²) in [7, 11) is 3.26. The summed E-state index contributed by atoms with van der Waals surface area (Å²) in [5, 5.41) is 1.88. The van der Waals surface area contributed by atoms with Gasteiger partial charge in [0, 0.05) is 6.92 Å². The summed E-state index contributed by atoms with van der Waals surface area (Å²) in [5.74, 6) is 3.75. The highest BCUT2D eigenvalue weighted by molar-refractivity contribution is 5.93. The van der Waals surface area contributed by atoms with Gasteiger partial charge in [-0.1, -0.05) is 6.07 Å². The molecular weight excluding hydrogens is 392 g/mol. The van der Waals surface area contributed by atoms with Gasteiger partial charge in [-0.2, -0.15) is 0 Å². The van der Waals surface area contributed by atoms with E-state index in [9.17, 15) is 0 Å². The number of benzene rings is 1. The van der Waals surface area contributed by atoms with Crippen LogP contribution in [0.15, 0.2) is 39.2 Å². The van der Waals surface area contributed by atoms with Crippen LogP contribution in [0.2, 0.25) is 0 Å². The lowest BCUT2D eigenvalue weighted by atomic mass is 10.1. The van der Waals surface area contributed by atoms with Crippen LogP contribution in [0.5, 0.6) is 17.2 Å². The molecule has 5 nitrogen and oxygen atoms in total. The number of aryl methyl sites for hydroxylation is 2. The summed E-state index contributed by atoms with van der Waals surface area (Å²) in [6, 6.07) is 9.90. The van der Waals surface area contributed by atoms with Gasteiger partial charge in [0.05, 0.1) is 32.3 Å². The fourth-order valence-corrected chi connectivity index (χ4v) is 3.47. The van der Waals surface area contributed by atoms with E-state index in [0.29, 0.717) is 24.7 Å². The van der Waals surface area contributed by atoms with Crippen molar-refractivity contribution in [3.05, 3.63) is 51.7 Å². The molecule has 0 radical (unpaired) electrons. The number of halogens is 1. The third-order valence-electron chi connectivity index (χ3n) is 4.64. The molecule has 0 saturated heterocycles. The lowest BCUT2D eigenvalue weighted by Crippen LogP contribution is -3.00. The summed E-state index contributed by atoms with van der Waals surface area (Å²) in [5.41, 5.74) is 2.70. The lowest BCUT2D eigenvalue weighted by Gasteiger charge is -2.09. The predicted octanol–water partition coefficient (Wildman–Crippen LogP) is 2.05. The van der Waals surface area contributed by atoms with E-state index in [1.54, 1.807) is 14.2 Å². The molecule has 0 aliphatic rings. The normalized spacial score (nSPS) is 11.3. The van der Waals surface area contributed by atoms with Crippen molar-refractivity contribution in [1.82, 2.24) is 0 Å². The first-order valence-corrected chi connectivity index (χ1v) is 9.43. The number of hydrogen-bond acceptors (Lipinski definition) is 4. The SMILES string of the molecule is CCOc1cc(-c2ccc(OC)c(OC)c2)cc(=[O+]CC)c2c(C)oc(C)c12.[Cl-]. The standard InChI is InChI=1S/C23H27O5.ClH/c1-7-26-20-12-17(16-9-10-18(24-5)19(11-16)25-6)13-21(27-8-2)23-15(4)28-14(3)22(20)23;/h9-13H,7-8H2,1-6H3;1H/q+1;/p-1. The van der Waals surface area contributed by atoms with Crippen LogP contribution in [-0.4, -0.2) is 27.4 Å². The van der Waals surface area contributed by atoms with Crippen molar-refractivity contribution in [3.8, 4) is 28.4 Å². The van der Waals surface area contributed by atoms with E-state index < -0.39 is 0 Å². The van der Waals surface area contributed by atoms with E-state index in [1.165, 1.54) is 0 Å². The van der Waals surface area contributed by atoms with Gasteiger partial charge in [-0.15, -0.1) is 0 Å². The highest BCUT2D eigenvalue weighted by Crippen LogP contribution is 2.36. The third kappa shape index (κ3) is 4.35. The molecule has 1 heterocycles. The molecule has 156 valence electrons. The predicted molar refractivity (Wildman–Crippen MR) is 112 cm³/mol. The van der Waals surface area contributed by atoms with Gasteiger partial charge in [0.2, 0.25) is 0 Å². The quantitative estimate of drug-likeness (QED) is 0.575. The first-order chi connectivity index (χ1) is 13.5. The minimum Gasteiger partial charge on any atom is -1.00 e. The van der Waals surface area contributed by atoms with Gasteiger partial charge in [-0.3, -0.25) is 4.42 Å². The van der Waals surface area contributed by atoms with Gasteiger partial charge < -0.3 is 31.0 Å². The van der Waals surface area contributed by atoms with Crippen LogP contribution in [-0.2, 0) is 0 Å². The first kappa shape index (κ1) is 22.6. The average molecular weight is 419 g/mol. The van der Waals surface area contributed by atoms with E-state index in [0.717, 1.165) is 44.6 Å². The number of furan rings is 1. The number of methoxy groups -OCH3 is 2. The molecule has 0 aliphatic heterocycles. The van der Waals surface area contributed by atoms with Gasteiger partial charge in [0.15, 0.2) is 11.5 Å². The van der Waals surface area contributed by atoms with Gasteiger partial charge in [0.25, 0.3) is 6.61 Å². The largest absolute Gasteiger partial charge is 1.00 e. The molecular formula is C23H27ClO5. The van der Waals surface area contributed by atoms with E-state index >= 15 is 0 Å². The Labute approximate surface area is 177 Å². The second kappa shape index (κ2) is 9.70. The zero-order valence-corrected chi connectivity index (χ0v) is 18.5. The molecule has 0 amide bonds. The summed E-state index contributed by atoms with van der Waals surface area (Å²) in [6.45, 7) is 8.95. The molecule has 0 unspecified atom stereocenters. The summed E-state index contributed by atoms with van der Waals surface area (Å²) in [6.07, 6.45) is 0. The zero-order valence-electron chi connectivity index (χ0n) is 17.7. The molecule has 3 aromatic rings. The van der Waals surface area contributed by atoms with Crippen molar-refractivity contribution in [1.29, 1.82) is 0 Å². The van der Waals surface area contributed by atoms with Crippen LogP contribution in [0.3, 0.4) is 0 Å². The Hall–Kier alpha value is -2.66. The minimum absolute atomic E-state index is 0. The summed E-state index contributed by atoms with van der Waals surface area (Å²) in [4.78, 5) is 0. The van der Waals surface area contributed by atoms with Crippen LogP contribution < -0.4 is 32.0 Å². The minimum atomic E-state index is 0. The van der Waals surface area contributed by atoms with E-state index in [-0.39, 0.29) is 12.4 Å². The van der Waals surface area contributed by atoms with Crippen LogP contribution in [0.25, 0.3) is 21.9 Å². The van der Waals surface area contributed by atoms with Crippen molar-refractivity contribution < 1.29 is 31.0 Å². The van der Waals surface area contributed by atoms with E-state index in [1.807, 2.05) is 58.0 Å². The highest BCUT2D eigenvalue weighted by Gasteiger charge is 2.20. The van der Waals surface area contributed by atoms with Crippen LogP contribution >= 0.6 is 0 Å². The molecule has 2 aromatic carbocycles. The van der Waals surface area contributed by atoms with Crippen molar-refractivity contribution in [3.63, 3.8) is 0 Å². The fraction of sp³-hybridized carbons (Fsp3) is 0.348.